The van der Waals surface area contributed by atoms with Crippen molar-refractivity contribution in [2.75, 3.05) is 6.61 Å². The zero-order valence-electron chi connectivity index (χ0n) is 17.1. The molecule has 0 spiro atoms. The highest BCUT2D eigenvalue weighted by molar-refractivity contribution is 5.99. The summed E-state index contributed by atoms with van der Waals surface area (Å²) in [6.45, 7) is 4.09. The number of amides is 1. The molecule has 0 radical (unpaired) electrons. The highest BCUT2D eigenvalue weighted by Gasteiger charge is 2.53. The van der Waals surface area contributed by atoms with Crippen molar-refractivity contribution in [1.82, 2.24) is 4.90 Å². The monoisotopic (exact) mass is 389 g/mol. The topological polar surface area (TPSA) is 46.6 Å². The first-order valence-electron chi connectivity index (χ1n) is 10.4. The second-order valence-corrected chi connectivity index (χ2v) is 7.99. The SMILES string of the molecule is CCOC(=O)C1(N(C(=O)c2cccc(C)c2)C2C=CCC2)Cc2ccccc2C1. The van der Waals surface area contributed by atoms with Gasteiger partial charge >= 0.3 is 5.97 Å². The molecular formula is C25H27NO3. The molecule has 2 aliphatic rings. The van der Waals surface area contributed by atoms with Crippen LogP contribution in [0.4, 0.5) is 0 Å². The van der Waals surface area contributed by atoms with Gasteiger partial charge in [-0.2, -0.15) is 0 Å². The average molecular weight is 389 g/mol. The maximum Gasteiger partial charge on any atom is 0.332 e. The summed E-state index contributed by atoms with van der Waals surface area (Å²) in [6.07, 6.45) is 6.89. The van der Waals surface area contributed by atoms with Crippen molar-refractivity contribution < 1.29 is 14.3 Å². The van der Waals surface area contributed by atoms with Crippen LogP contribution in [-0.4, -0.2) is 35.0 Å². The van der Waals surface area contributed by atoms with Crippen LogP contribution in [0.2, 0.25) is 0 Å². The molecule has 1 unspecified atom stereocenters. The molecule has 4 rings (SSSR count). The molecule has 2 aromatic carbocycles. The summed E-state index contributed by atoms with van der Waals surface area (Å²) in [5.74, 6) is -0.413. The molecule has 0 heterocycles. The molecule has 1 amide bonds. The van der Waals surface area contributed by atoms with Crippen molar-refractivity contribution in [2.24, 2.45) is 0 Å². The zero-order chi connectivity index (χ0) is 20.4. The first kappa shape index (κ1) is 19.4. The molecule has 0 saturated heterocycles. The van der Waals surface area contributed by atoms with Gasteiger partial charge in [0.15, 0.2) is 0 Å². The van der Waals surface area contributed by atoms with Gasteiger partial charge in [-0.1, -0.05) is 54.1 Å². The predicted molar refractivity (Wildman–Crippen MR) is 113 cm³/mol. The fourth-order valence-electron chi connectivity index (χ4n) is 4.68. The molecular weight excluding hydrogens is 362 g/mol. The van der Waals surface area contributed by atoms with E-state index in [2.05, 4.69) is 24.3 Å². The minimum absolute atomic E-state index is 0.105. The zero-order valence-corrected chi connectivity index (χ0v) is 17.1. The van der Waals surface area contributed by atoms with Crippen LogP contribution in [0.5, 0.6) is 0 Å². The summed E-state index contributed by atoms with van der Waals surface area (Å²) in [5.41, 5.74) is 2.86. The van der Waals surface area contributed by atoms with E-state index in [1.165, 1.54) is 0 Å². The van der Waals surface area contributed by atoms with E-state index in [4.69, 9.17) is 4.74 Å². The molecule has 0 saturated carbocycles. The van der Waals surface area contributed by atoms with Crippen LogP contribution < -0.4 is 0 Å². The number of hydrogen-bond donors (Lipinski definition) is 0. The van der Waals surface area contributed by atoms with E-state index in [1.54, 1.807) is 0 Å². The standard InChI is InChI=1S/C25H27NO3/c1-3-29-24(28)25(16-20-10-4-5-11-21(20)17-25)26(22-13-6-7-14-22)23(27)19-12-8-9-18(2)15-19/h4-6,8-13,15,22H,3,7,14,16-17H2,1-2H3. The molecule has 1 atom stereocenters. The Morgan fingerprint density at radius 1 is 1.10 bits per heavy atom. The lowest BCUT2D eigenvalue weighted by Gasteiger charge is -2.42. The third kappa shape index (κ3) is 3.48. The lowest BCUT2D eigenvalue weighted by molar-refractivity contribution is -0.156. The molecule has 4 heteroatoms. The number of nitrogens with zero attached hydrogens (tertiary/aromatic N) is 1. The molecule has 2 aliphatic carbocycles. The van der Waals surface area contributed by atoms with E-state index in [0.717, 1.165) is 29.5 Å². The molecule has 2 aromatic rings. The molecule has 4 nitrogen and oxygen atoms in total. The number of rotatable bonds is 5. The lowest BCUT2D eigenvalue weighted by Crippen LogP contribution is -2.61. The second kappa shape index (κ2) is 7.86. The Hall–Kier alpha value is -2.88. The number of esters is 1. The van der Waals surface area contributed by atoms with E-state index in [0.29, 0.717) is 25.0 Å². The Morgan fingerprint density at radius 2 is 1.83 bits per heavy atom. The average Bonchev–Trinajstić information content (AvgIpc) is 3.37. The number of benzene rings is 2. The van der Waals surface area contributed by atoms with Gasteiger partial charge in [-0.05, 0) is 49.9 Å². The van der Waals surface area contributed by atoms with Crippen molar-refractivity contribution in [3.8, 4) is 0 Å². The largest absolute Gasteiger partial charge is 0.464 e. The van der Waals surface area contributed by atoms with Crippen LogP contribution in [0.1, 0.15) is 46.8 Å². The van der Waals surface area contributed by atoms with Crippen LogP contribution >= 0.6 is 0 Å². The quantitative estimate of drug-likeness (QED) is 0.567. The number of allylic oxidation sites excluding steroid dienone is 1. The number of fused-ring (bicyclic) bond motifs is 1. The van der Waals surface area contributed by atoms with Crippen molar-refractivity contribution in [2.45, 2.75) is 51.1 Å². The fraction of sp³-hybridized carbons (Fsp3) is 0.360. The van der Waals surface area contributed by atoms with Crippen LogP contribution in [0.25, 0.3) is 0 Å². The first-order chi connectivity index (χ1) is 14.0. The van der Waals surface area contributed by atoms with Gasteiger partial charge in [0, 0.05) is 18.4 Å². The van der Waals surface area contributed by atoms with Gasteiger partial charge in [0.05, 0.1) is 12.6 Å². The molecule has 150 valence electrons. The van der Waals surface area contributed by atoms with Crippen molar-refractivity contribution in [3.63, 3.8) is 0 Å². The predicted octanol–water partition coefficient (Wildman–Crippen LogP) is 4.26. The normalized spacial score (nSPS) is 19.0. The second-order valence-electron chi connectivity index (χ2n) is 7.99. The molecule has 0 aliphatic heterocycles. The highest BCUT2D eigenvalue weighted by Crippen LogP contribution is 2.40. The van der Waals surface area contributed by atoms with Crippen LogP contribution in [0.15, 0.2) is 60.7 Å². The Morgan fingerprint density at radius 3 is 2.41 bits per heavy atom. The summed E-state index contributed by atoms with van der Waals surface area (Å²) in [4.78, 5) is 29.0. The van der Waals surface area contributed by atoms with E-state index in [-0.39, 0.29) is 17.9 Å². The Labute approximate surface area is 172 Å². The molecule has 0 N–H and O–H groups in total. The molecule has 0 bridgehead atoms. The van der Waals surface area contributed by atoms with E-state index in [9.17, 15) is 9.59 Å². The Balaban J connectivity index is 1.82. The molecule has 29 heavy (non-hydrogen) atoms. The number of ether oxygens (including phenoxy) is 1. The summed E-state index contributed by atoms with van der Waals surface area (Å²) in [5, 5.41) is 0. The van der Waals surface area contributed by atoms with Crippen LogP contribution in [0.3, 0.4) is 0 Å². The maximum absolute atomic E-state index is 13.8. The van der Waals surface area contributed by atoms with Gasteiger partial charge in [0.25, 0.3) is 5.91 Å². The molecule has 0 fully saturated rings. The van der Waals surface area contributed by atoms with Gasteiger partial charge in [-0.25, -0.2) is 4.79 Å². The summed E-state index contributed by atoms with van der Waals surface area (Å²) < 4.78 is 5.55. The maximum atomic E-state index is 13.8. The number of carbonyl (C=O) groups excluding carboxylic acids is 2. The summed E-state index contributed by atoms with van der Waals surface area (Å²) in [6, 6.07) is 15.6. The first-order valence-corrected chi connectivity index (χ1v) is 10.4. The fourth-order valence-corrected chi connectivity index (χ4v) is 4.68. The number of aryl methyl sites for hydroxylation is 1. The van der Waals surface area contributed by atoms with Gasteiger partial charge < -0.3 is 9.64 Å². The number of carbonyl (C=O) groups is 2. The summed E-state index contributed by atoms with van der Waals surface area (Å²) >= 11 is 0. The van der Waals surface area contributed by atoms with Crippen LogP contribution in [-0.2, 0) is 22.4 Å². The lowest BCUT2D eigenvalue weighted by atomic mass is 9.89. The van der Waals surface area contributed by atoms with Crippen molar-refractivity contribution >= 4 is 11.9 Å². The Kier molecular flexibility index (Phi) is 5.27. The Bertz CT molecular complexity index is 937. The van der Waals surface area contributed by atoms with Crippen molar-refractivity contribution in [3.05, 3.63) is 82.9 Å². The minimum atomic E-state index is -1.01. The third-order valence-corrected chi connectivity index (χ3v) is 6.00. The smallest absolute Gasteiger partial charge is 0.332 e. The third-order valence-electron chi connectivity index (χ3n) is 6.00. The minimum Gasteiger partial charge on any atom is -0.464 e. The van der Waals surface area contributed by atoms with Crippen LogP contribution in [0, 0.1) is 6.92 Å². The van der Waals surface area contributed by atoms with E-state index < -0.39 is 5.54 Å². The van der Waals surface area contributed by atoms with Gasteiger partial charge in [0.2, 0.25) is 0 Å². The number of hydrogen-bond acceptors (Lipinski definition) is 3. The van der Waals surface area contributed by atoms with Gasteiger partial charge in [-0.3, -0.25) is 4.79 Å². The van der Waals surface area contributed by atoms with Crippen molar-refractivity contribution in [1.29, 1.82) is 0 Å². The summed E-state index contributed by atoms with van der Waals surface area (Å²) in [7, 11) is 0. The highest BCUT2D eigenvalue weighted by atomic mass is 16.5. The van der Waals surface area contributed by atoms with Gasteiger partial charge in [-0.15, -0.1) is 0 Å². The molecule has 0 aromatic heterocycles. The van der Waals surface area contributed by atoms with E-state index in [1.807, 2.05) is 55.1 Å². The van der Waals surface area contributed by atoms with Gasteiger partial charge in [0.1, 0.15) is 5.54 Å². The van der Waals surface area contributed by atoms with E-state index >= 15 is 0 Å².